The molecule has 0 amide bonds. The minimum atomic E-state index is -3.21. The molecule has 3 aromatic rings. The number of piperidine rings is 1. The Labute approximate surface area is 265 Å². The molecule has 0 spiro atoms. The van der Waals surface area contributed by atoms with Gasteiger partial charge in [-0.3, -0.25) is 9.69 Å². The number of rotatable bonds is 11. The van der Waals surface area contributed by atoms with Gasteiger partial charge < -0.3 is 10.0 Å². The zero-order chi connectivity index (χ0) is 31.6. The number of carboxylic acid groups (broad SMARTS) is 1. The number of aromatic nitrogens is 1. The SMILES string of the molecule is CC(C)[C@H](C(=O)O)N(C)C1C[C@H](CN2CCC(c3cnc(Cc4ccc(S(C)(=O)=O)cc4)s3)CC2)[C@@H](c2cccc(F)c2)C1. The lowest BCUT2D eigenvalue weighted by molar-refractivity contribution is -0.145. The van der Waals surface area contributed by atoms with Gasteiger partial charge in [-0.25, -0.2) is 17.8 Å². The number of carboxylic acids is 1. The Morgan fingerprint density at radius 1 is 1.14 bits per heavy atom. The molecule has 1 aliphatic heterocycles. The van der Waals surface area contributed by atoms with Crippen LogP contribution in [0.5, 0.6) is 0 Å². The summed E-state index contributed by atoms with van der Waals surface area (Å²) in [4.78, 5) is 23.0. The first-order valence-electron chi connectivity index (χ1n) is 15.5. The molecule has 2 heterocycles. The zero-order valence-electron chi connectivity index (χ0n) is 26.0. The van der Waals surface area contributed by atoms with Crippen molar-refractivity contribution in [3.8, 4) is 0 Å². The number of hydrogen-bond acceptors (Lipinski definition) is 7. The van der Waals surface area contributed by atoms with Crippen LogP contribution in [0.25, 0.3) is 0 Å². The van der Waals surface area contributed by atoms with E-state index < -0.39 is 21.8 Å². The lowest BCUT2D eigenvalue weighted by atomic mass is 9.87. The van der Waals surface area contributed by atoms with E-state index in [0.29, 0.717) is 23.2 Å². The van der Waals surface area contributed by atoms with Crippen LogP contribution < -0.4 is 0 Å². The van der Waals surface area contributed by atoms with Gasteiger partial charge in [0.1, 0.15) is 11.9 Å². The van der Waals surface area contributed by atoms with E-state index in [4.69, 9.17) is 0 Å². The summed E-state index contributed by atoms with van der Waals surface area (Å²) in [5, 5.41) is 11.0. The van der Waals surface area contributed by atoms with Crippen molar-refractivity contribution in [2.24, 2.45) is 11.8 Å². The molecule has 2 aromatic carbocycles. The average molecular weight is 642 g/mol. The Morgan fingerprint density at radius 2 is 1.84 bits per heavy atom. The Morgan fingerprint density at radius 3 is 2.45 bits per heavy atom. The standard InChI is InChI=1S/C34H44FN3O4S2/c1-22(2)33(34(39)40)37(3)28-18-26(30(19-28)25-6-5-7-27(35)17-25)21-38-14-12-24(13-15-38)31-20-36-32(43-31)16-23-8-10-29(11-9-23)44(4,41)42/h5-11,17,20,22,24,26,28,30,33H,12-16,18-19,21H2,1-4H3,(H,39,40)/t26-,28?,30-,33-/m1/s1. The molecular weight excluding hydrogens is 598 g/mol. The van der Waals surface area contributed by atoms with Crippen molar-refractivity contribution in [1.82, 2.24) is 14.8 Å². The number of thiazole rings is 1. The van der Waals surface area contributed by atoms with Gasteiger partial charge in [-0.05, 0) is 105 Å². The summed E-state index contributed by atoms with van der Waals surface area (Å²) in [6.07, 6.45) is 7.76. The number of aliphatic carboxylic acids is 1. The summed E-state index contributed by atoms with van der Waals surface area (Å²) in [6.45, 7) is 6.82. The number of benzene rings is 2. The van der Waals surface area contributed by atoms with Gasteiger partial charge >= 0.3 is 5.97 Å². The molecule has 1 N–H and O–H groups in total. The zero-order valence-corrected chi connectivity index (χ0v) is 27.7. The number of likely N-dealkylation sites (tertiary alicyclic amines) is 1. The van der Waals surface area contributed by atoms with Gasteiger partial charge in [0.05, 0.1) is 9.90 Å². The maximum Gasteiger partial charge on any atom is 0.321 e. The van der Waals surface area contributed by atoms with Crippen molar-refractivity contribution in [1.29, 1.82) is 0 Å². The topological polar surface area (TPSA) is 90.8 Å². The van der Waals surface area contributed by atoms with Crippen molar-refractivity contribution in [3.63, 3.8) is 0 Å². The second-order valence-electron chi connectivity index (χ2n) is 13.1. The quantitative estimate of drug-likeness (QED) is 0.272. The van der Waals surface area contributed by atoms with E-state index in [1.165, 1.54) is 17.2 Å². The van der Waals surface area contributed by atoms with Crippen LogP contribution in [0.4, 0.5) is 4.39 Å². The smallest absolute Gasteiger partial charge is 0.321 e. The molecule has 2 fully saturated rings. The van der Waals surface area contributed by atoms with E-state index in [1.54, 1.807) is 35.6 Å². The molecule has 1 unspecified atom stereocenters. The van der Waals surface area contributed by atoms with Crippen LogP contribution in [0.2, 0.25) is 0 Å². The van der Waals surface area contributed by atoms with Crippen LogP contribution in [-0.2, 0) is 21.1 Å². The lowest BCUT2D eigenvalue weighted by Gasteiger charge is -2.35. The normalized spacial score (nSPS) is 22.6. The van der Waals surface area contributed by atoms with Crippen molar-refractivity contribution in [2.45, 2.75) is 74.8 Å². The summed E-state index contributed by atoms with van der Waals surface area (Å²) >= 11 is 1.75. The largest absolute Gasteiger partial charge is 0.480 e. The van der Waals surface area contributed by atoms with Gasteiger partial charge in [-0.1, -0.05) is 38.1 Å². The van der Waals surface area contributed by atoms with E-state index in [2.05, 4.69) is 9.88 Å². The Bertz CT molecular complexity index is 1530. The highest BCUT2D eigenvalue weighted by Crippen LogP contribution is 2.44. The molecule has 1 aliphatic carbocycles. The first-order valence-corrected chi connectivity index (χ1v) is 18.3. The van der Waals surface area contributed by atoms with Crippen molar-refractivity contribution >= 4 is 27.1 Å². The highest BCUT2D eigenvalue weighted by Gasteiger charge is 2.41. The van der Waals surface area contributed by atoms with Gasteiger partial charge in [-0.2, -0.15) is 0 Å². The second kappa shape index (κ2) is 13.8. The van der Waals surface area contributed by atoms with E-state index in [0.717, 1.165) is 61.5 Å². The molecule has 5 rings (SSSR count). The Kier molecular flexibility index (Phi) is 10.2. The number of likely N-dealkylation sites (N-methyl/N-ethyl adjacent to an activating group) is 1. The van der Waals surface area contributed by atoms with E-state index in [9.17, 15) is 22.7 Å². The molecule has 0 bridgehead atoms. The maximum atomic E-state index is 14.3. The summed E-state index contributed by atoms with van der Waals surface area (Å²) in [7, 11) is -1.27. The van der Waals surface area contributed by atoms with Crippen LogP contribution >= 0.6 is 11.3 Å². The minimum absolute atomic E-state index is 0.00381. The summed E-state index contributed by atoms with van der Waals surface area (Å²) in [5.41, 5.74) is 2.06. The monoisotopic (exact) mass is 641 g/mol. The second-order valence-corrected chi connectivity index (χ2v) is 16.2. The Hall–Kier alpha value is -2.66. The van der Waals surface area contributed by atoms with Gasteiger partial charge in [0.15, 0.2) is 9.84 Å². The maximum absolute atomic E-state index is 14.3. The molecule has 4 atom stereocenters. The van der Waals surface area contributed by atoms with Crippen molar-refractivity contribution < 1.29 is 22.7 Å². The molecule has 2 aliphatic rings. The number of sulfone groups is 1. The molecule has 7 nitrogen and oxygen atoms in total. The average Bonchev–Trinajstić information content (AvgIpc) is 3.60. The van der Waals surface area contributed by atoms with Crippen LogP contribution in [0.1, 0.15) is 72.4 Å². The molecular formula is C34H44FN3O4S2. The van der Waals surface area contributed by atoms with Crippen LogP contribution in [-0.4, -0.2) is 79.3 Å². The molecule has 0 radical (unpaired) electrons. The molecule has 238 valence electrons. The lowest BCUT2D eigenvalue weighted by Crippen LogP contribution is -2.47. The molecule has 10 heteroatoms. The summed E-state index contributed by atoms with van der Waals surface area (Å²) < 4.78 is 37.8. The molecule has 1 aromatic heterocycles. The molecule has 1 saturated heterocycles. The van der Waals surface area contributed by atoms with Crippen molar-refractivity contribution in [2.75, 3.05) is 32.9 Å². The van der Waals surface area contributed by atoms with Crippen molar-refractivity contribution in [3.05, 3.63) is 81.6 Å². The van der Waals surface area contributed by atoms with Gasteiger partial charge in [-0.15, -0.1) is 11.3 Å². The third-order valence-electron chi connectivity index (χ3n) is 9.61. The Balaban J connectivity index is 1.21. The number of halogens is 1. The van der Waals surface area contributed by atoms with Crippen LogP contribution in [0.3, 0.4) is 0 Å². The first-order chi connectivity index (χ1) is 20.9. The molecule has 1 saturated carbocycles. The fraction of sp³-hybridized carbons (Fsp3) is 0.529. The van der Waals surface area contributed by atoms with Crippen LogP contribution in [0.15, 0.2) is 59.6 Å². The third kappa shape index (κ3) is 7.76. The highest BCUT2D eigenvalue weighted by molar-refractivity contribution is 7.90. The number of hydrogen-bond donors (Lipinski definition) is 1. The number of nitrogens with zero attached hydrogens (tertiary/aromatic N) is 3. The van der Waals surface area contributed by atoms with Gasteiger partial charge in [0, 0.05) is 36.3 Å². The van der Waals surface area contributed by atoms with Gasteiger partial charge in [0.25, 0.3) is 0 Å². The van der Waals surface area contributed by atoms with Gasteiger partial charge in [0.2, 0.25) is 0 Å². The van der Waals surface area contributed by atoms with Crippen LogP contribution in [0, 0.1) is 17.7 Å². The van der Waals surface area contributed by atoms with E-state index >= 15 is 0 Å². The third-order valence-corrected chi connectivity index (χ3v) is 11.9. The number of carbonyl (C=O) groups is 1. The summed E-state index contributed by atoms with van der Waals surface area (Å²) in [6, 6.07) is 13.6. The fourth-order valence-electron chi connectivity index (χ4n) is 7.29. The summed E-state index contributed by atoms with van der Waals surface area (Å²) in [5.74, 6) is -0.0323. The minimum Gasteiger partial charge on any atom is -0.480 e. The molecule has 44 heavy (non-hydrogen) atoms. The predicted molar refractivity (Wildman–Crippen MR) is 173 cm³/mol. The predicted octanol–water partition coefficient (Wildman–Crippen LogP) is 6.06. The van der Waals surface area contributed by atoms with E-state index in [-0.39, 0.29) is 23.7 Å². The fourth-order valence-corrected chi connectivity index (χ4v) is 9.04. The van der Waals surface area contributed by atoms with E-state index in [1.807, 2.05) is 50.2 Å². The first kappa shape index (κ1) is 32.7. The highest BCUT2D eigenvalue weighted by atomic mass is 32.2.